The first-order valence-electron chi connectivity index (χ1n) is 3.80. The van der Waals surface area contributed by atoms with Crippen molar-refractivity contribution in [2.75, 3.05) is 0 Å². The summed E-state index contributed by atoms with van der Waals surface area (Å²) in [7, 11) is 0. The Morgan fingerprint density at radius 2 is 2.09 bits per heavy atom. The third-order valence-corrected chi connectivity index (χ3v) is 1.28. The Labute approximate surface area is 69.6 Å². The van der Waals surface area contributed by atoms with Gasteiger partial charge in [-0.2, -0.15) is 0 Å². The first-order chi connectivity index (χ1) is 5.20. The van der Waals surface area contributed by atoms with Crippen molar-refractivity contribution >= 4 is 0 Å². The summed E-state index contributed by atoms with van der Waals surface area (Å²) in [5, 5.41) is 0. The molecule has 0 fully saturated rings. The second-order valence-electron chi connectivity index (χ2n) is 2.54. The maximum Gasteiger partial charge on any atom is -0.00977 e. The molecule has 60 valence electrons. The van der Waals surface area contributed by atoms with Gasteiger partial charge in [0.1, 0.15) is 0 Å². The first-order valence-corrected chi connectivity index (χ1v) is 3.80. The largest absolute Gasteiger partial charge is 0.0988 e. The second kappa shape index (κ2) is 5.72. The molecule has 0 heterocycles. The van der Waals surface area contributed by atoms with Crippen LogP contribution in [0.4, 0.5) is 0 Å². The second-order valence-corrected chi connectivity index (χ2v) is 2.54. The molecular weight excluding hydrogens is 132 g/mol. The van der Waals surface area contributed by atoms with Gasteiger partial charge in [0.2, 0.25) is 0 Å². The maximum atomic E-state index is 3.80. The van der Waals surface area contributed by atoms with E-state index in [1.165, 1.54) is 5.57 Å². The lowest BCUT2D eigenvalue weighted by Crippen LogP contribution is -1.75. The maximum absolute atomic E-state index is 3.80. The summed E-state index contributed by atoms with van der Waals surface area (Å²) in [6.07, 6.45) is 9.01. The molecule has 0 saturated heterocycles. The first kappa shape index (κ1) is 9.96. The van der Waals surface area contributed by atoms with E-state index in [-0.39, 0.29) is 0 Å². The molecule has 0 radical (unpaired) electrons. The van der Waals surface area contributed by atoms with Crippen molar-refractivity contribution in [1.82, 2.24) is 0 Å². The van der Waals surface area contributed by atoms with E-state index in [2.05, 4.69) is 19.2 Å². The average Bonchev–Trinajstić information content (AvgIpc) is 1.97. The van der Waals surface area contributed by atoms with E-state index < -0.39 is 0 Å². The molecule has 0 aromatic rings. The minimum absolute atomic E-state index is 0.951. The smallest absolute Gasteiger partial charge is 0.00977 e. The molecule has 0 rings (SSSR count). The molecule has 0 nitrogen and oxygen atoms in total. The quantitative estimate of drug-likeness (QED) is 0.422. The van der Waals surface area contributed by atoms with Crippen LogP contribution in [0.2, 0.25) is 0 Å². The van der Waals surface area contributed by atoms with Gasteiger partial charge in [0.05, 0.1) is 0 Å². The van der Waals surface area contributed by atoms with Gasteiger partial charge >= 0.3 is 0 Å². The minimum Gasteiger partial charge on any atom is -0.0988 e. The molecule has 0 unspecified atom stereocenters. The van der Waals surface area contributed by atoms with Crippen molar-refractivity contribution in [3.8, 4) is 0 Å². The summed E-state index contributed by atoms with van der Waals surface area (Å²) < 4.78 is 0. The molecule has 0 amide bonds. The Hall–Kier alpha value is -1.04. The van der Waals surface area contributed by atoms with Crippen molar-refractivity contribution in [3.05, 3.63) is 48.6 Å². The van der Waals surface area contributed by atoms with Crippen LogP contribution in [0, 0.1) is 0 Å². The summed E-state index contributed by atoms with van der Waals surface area (Å²) in [6.45, 7) is 11.5. The van der Waals surface area contributed by atoms with E-state index in [9.17, 15) is 0 Å². The van der Waals surface area contributed by atoms with Gasteiger partial charge in [-0.3, -0.25) is 0 Å². The molecule has 0 bridgehead atoms. The van der Waals surface area contributed by atoms with Crippen LogP contribution in [0.25, 0.3) is 0 Å². The van der Waals surface area contributed by atoms with Crippen LogP contribution in [0.1, 0.15) is 20.3 Å². The van der Waals surface area contributed by atoms with E-state index in [1.807, 2.05) is 32.1 Å². The molecule has 0 aliphatic heterocycles. The fourth-order valence-electron chi connectivity index (χ4n) is 0.772. The van der Waals surface area contributed by atoms with Crippen LogP contribution >= 0.6 is 0 Å². The molecule has 0 atom stereocenters. The van der Waals surface area contributed by atoms with Gasteiger partial charge in [-0.1, -0.05) is 43.0 Å². The normalized spacial score (nSPS) is 12.0. The topological polar surface area (TPSA) is 0 Å². The lowest BCUT2D eigenvalue weighted by molar-refractivity contribution is 1.27. The number of allylic oxidation sites excluding steroid dienone is 6. The van der Waals surface area contributed by atoms with Gasteiger partial charge in [0.25, 0.3) is 0 Å². The molecule has 0 spiro atoms. The van der Waals surface area contributed by atoms with Crippen LogP contribution < -0.4 is 0 Å². The number of rotatable bonds is 4. The zero-order valence-corrected chi connectivity index (χ0v) is 7.43. The lowest BCUT2D eigenvalue weighted by atomic mass is 10.1. The van der Waals surface area contributed by atoms with Gasteiger partial charge < -0.3 is 0 Å². The Kier molecular flexibility index (Phi) is 5.18. The van der Waals surface area contributed by atoms with Gasteiger partial charge in [-0.05, 0) is 25.8 Å². The van der Waals surface area contributed by atoms with Crippen molar-refractivity contribution in [2.45, 2.75) is 20.3 Å². The van der Waals surface area contributed by atoms with E-state index in [0.717, 1.165) is 12.0 Å². The number of hydrogen-bond donors (Lipinski definition) is 0. The van der Waals surface area contributed by atoms with Gasteiger partial charge in [0, 0.05) is 0 Å². The van der Waals surface area contributed by atoms with Gasteiger partial charge in [-0.25, -0.2) is 0 Å². The standard InChI is InChI=1S/C11H16/c1-5-7-8-11(6-2)9-10(3)4/h5-7,9H,2-3,8H2,1,4H3/b7-5-,11-9-. The van der Waals surface area contributed by atoms with Crippen molar-refractivity contribution in [2.24, 2.45) is 0 Å². The molecular formula is C11H16. The van der Waals surface area contributed by atoms with E-state index in [1.54, 1.807) is 0 Å². The third-order valence-electron chi connectivity index (χ3n) is 1.28. The van der Waals surface area contributed by atoms with Gasteiger partial charge in [-0.15, -0.1) is 0 Å². The highest BCUT2D eigenvalue weighted by Crippen LogP contribution is 2.06. The van der Waals surface area contributed by atoms with Crippen LogP contribution in [0.5, 0.6) is 0 Å². The summed E-state index contributed by atoms with van der Waals surface area (Å²) in [6, 6.07) is 0. The van der Waals surface area contributed by atoms with Crippen LogP contribution in [-0.4, -0.2) is 0 Å². The molecule has 0 saturated carbocycles. The third kappa shape index (κ3) is 5.41. The van der Waals surface area contributed by atoms with Crippen molar-refractivity contribution in [3.63, 3.8) is 0 Å². The molecule has 0 aliphatic carbocycles. The highest BCUT2D eigenvalue weighted by molar-refractivity contribution is 5.27. The van der Waals surface area contributed by atoms with E-state index in [4.69, 9.17) is 0 Å². The molecule has 0 aromatic carbocycles. The minimum atomic E-state index is 0.951. The Balaban J connectivity index is 4.16. The summed E-state index contributed by atoms with van der Waals surface area (Å²) in [5.41, 5.74) is 2.29. The zero-order valence-electron chi connectivity index (χ0n) is 7.43. The summed E-state index contributed by atoms with van der Waals surface area (Å²) >= 11 is 0. The Morgan fingerprint density at radius 1 is 1.45 bits per heavy atom. The predicted molar refractivity (Wildman–Crippen MR) is 52.5 cm³/mol. The highest BCUT2D eigenvalue weighted by atomic mass is 13.9. The van der Waals surface area contributed by atoms with Crippen LogP contribution in [0.15, 0.2) is 48.6 Å². The average molecular weight is 148 g/mol. The molecule has 0 aliphatic rings. The lowest BCUT2D eigenvalue weighted by Gasteiger charge is -1.95. The highest BCUT2D eigenvalue weighted by Gasteiger charge is 1.86. The molecule has 0 N–H and O–H groups in total. The van der Waals surface area contributed by atoms with Crippen molar-refractivity contribution < 1.29 is 0 Å². The zero-order chi connectivity index (χ0) is 8.69. The van der Waals surface area contributed by atoms with Crippen LogP contribution in [-0.2, 0) is 0 Å². The molecule has 11 heavy (non-hydrogen) atoms. The van der Waals surface area contributed by atoms with E-state index >= 15 is 0 Å². The SMILES string of the molecule is C=C/C(=C/C(=C)C)C/C=C\C. The van der Waals surface area contributed by atoms with Crippen LogP contribution in [0.3, 0.4) is 0 Å². The predicted octanol–water partition coefficient (Wildman–Crippen LogP) is 3.64. The summed E-state index contributed by atoms with van der Waals surface area (Å²) in [4.78, 5) is 0. The molecule has 0 heteroatoms. The fourth-order valence-corrected chi connectivity index (χ4v) is 0.772. The van der Waals surface area contributed by atoms with Gasteiger partial charge in [0.15, 0.2) is 0 Å². The Morgan fingerprint density at radius 3 is 2.45 bits per heavy atom. The van der Waals surface area contributed by atoms with Crippen molar-refractivity contribution in [1.29, 1.82) is 0 Å². The number of hydrogen-bond acceptors (Lipinski definition) is 0. The summed E-state index contributed by atoms with van der Waals surface area (Å²) in [5.74, 6) is 0. The Bertz CT molecular complexity index is 192. The monoisotopic (exact) mass is 148 g/mol. The fraction of sp³-hybridized carbons (Fsp3) is 0.273. The van der Waals surface area contributed by atoms with E-state index in [0.29, 0.717) is 0 Å². The molecule has 0 aromatic heterocycles.